The third kappa shape index (κ3) is 2.87. The van der Waals surface area contributed by atoms with Gasteiger partial charge in [0.25, 0.3) is 0 Å². The summed E-state index contributed by atoms with van der Waals surface area (Å²) in [5, 5.41) is 0.490. The van der Waals surface area contributed by atoms with Gasteiger partial charge >= 0.3 is 10.2 Å². The lowest BCUT2D eigenvalue weighted by Crippen LogP contribution is -2.28. The molecule has 0 spiro atoms. The molecule has 0 amide bonds. The number of hydrogen-bond donors (Lipinski definition) is 1. The highest BCUT2D eigenvalue weighted by molar-refractivity contribution is 7.90. The predicted octanol–water partition coefficient (Wildman–Crippen LogP) is 1.56. The van der Waals surface area contributed by atoms with E-state index in [9.17, 15) is 8.42 Å². The summed E-state index contributed by atoms with van der Waals surface area (Å²) in [7, 11) is -0.541. The van der Waals surface area contributed by atoms with Gasteiger partial charge in [0.15, 0.2) is 0 Å². The minimum absolute atomic E-state index is 0.450. The van der Waals surface area contributed by atoms with E-state index in [0.29, 0.717) is 10.7 Å². The Hall–Kier alpha value is -0.780. The quantitative estimate of drug-likeness (QED) is 0.863. The van der Waals surface area contributed by atoms with Gasteiger partial charge in [-0.15, -0.1) is 0 Å². The standard InChI is InChI=1S/C8H11ClN2O2S/c1-11(2)14(12,13)10-8-5-3-4-7(9)6-8/h3-6,10H,1-2H3. The first-order valence-electron chi connectivity index (χ1n) is 3.87. The maximum Gasteiger partial charge on any atom is 0.301 e. The first kappa shape index (κ1) is 11.3. The predicted molar refractivity (Wildman–Crippen MR) is 57.7 cm³/mol. The van der Waals surface area contributed by atoms with Crippen LogP contribution >= 0.6 is 11.6 Å². The summed E-state index contributed by atoms with van der Waals surface area (Å²) in [4.78, 5) is 0. The van der Waals surface area contributed by atoms with Crippen molar-refractivity contribution in [2.24, 2.45) is 0 Å². The van der Waals surface area contributed by atoms with Gasteiger partial charge in [-0.2, -0.15) is 12.7 Å². The molecule has 1 aromatic rings. The molecule has 0 unspecified atom stereocenters. The molecule has 0 aromatic heterocycles. The molecule has 0 saturated heterocycles. The smallest absolute Gasteiger partial charge is 0.271 e. The lowest BCUT2D eigenvalue weighted by Gasteiger charge is -2.13. The Labute approximate surface area is 88.7 Å². The zero-order chi connectivity index (χ0) is 10.8. The molecule has 14 heavy (non-hydrogen) atoms. The molecule has 0 aliphatic heterocycles. The molecular formula is C8H11ClN2O2S. The molecular weight excluding hydrogens is 224 g/mol. The highest BCUT2D eigenvalue weighted by atomic mass is 35.5. The Morgan fingerprint density at radius 3 is 2.50 bits per heavy atom. The van der Waals surface area contributed by atoms with Crippen molar-refractivity contribution in [3.8, 4) is 0 Å². The van der Waals surface area contributed by atoms with E-state index in [0.717, 1.165) is 4.31 Å². The van der Waals surface area contributed by atoms with E-state index in [4.69, 9.17) is 11.6 Å². The normalized spacial score (nSPS) is 11.7. The topological polar surface area (TPSA) is 49.4 Å². The summed E-state index contributed by atoms with van der Waals surface area (Å²) in [5.41, 5.74) is 0.450. The van der Waals surface area contributed by atoms with Crippen LogP contribution in [0.15, 0.2) is 24.3 Å². The highest BCUT2D eigenvalue weighted by Gasteiger charge is 2.12. The molecule has 0 bridgehead atoms. The molecule has 0 saturated carbocycles. The monoisotopic (exact) mass is 234 g/mol. The van der Waals surface area contributed by atoms with E-state index in [2.05, 4.69) is 4.72 Å². The van der Waals surface area contributed by atoms with Crippen molar-refractivity contribution in [2.75, 3.05) is 18.8 Å². The van der Waals surface area contributed by atoms with Gasteiger partial charge in [0.1, 0.15) is 0 Å². The van der Waals surface area contributed by atoms with Gasteiger partial charge in [0, 0.05) is 19.1 Å². The fourth-order valence-electron chi connectivity index (χ4n) is 0.792. The van der Waals surface area contributed by atoms with Crippen LogP contribution < -0.4 is 4.72 Å². The minimum Gasteiger partial charge on any atom is -0.271 e. The maximum absolute atomic E-state index is 11.4. The van der Waals surface area contributed by atoms with Crippen molar-refractivity contribution in [3.05, 3.63) is 29.3 Å². The largest absolute Gasteiger partial charge is 0.301 e. The van der Waals surface area contributed by atoms with E-state index < -0.39 is 10.2 Å². The van der Waals surface area contributed by atoms with Crippen molar-refractivity contribution in [3.63, 3.8) is 0 Å². The first-order valence-corrected chi connectivity index (χ1v) is 5.69. The number of hydrogen-bond acceptors (Lipinski definition) is 2. The third-order valence-corrected chi connectivity index (χ3v) is 3.24. The average molecular weight is 235 g/mol. The maximum atomic E-state index is 11.4. The van der Waals surface area contributed by atoms with E-state index in [1.54, 1.807) is 24.3 Å². The number of nitrogens with one attached hydrogen (secondary N) is 1. The van der Waals surface area contributed by atoms with Crippen LogP contribution in [0.2, 0.25) is 5.02 Å². The number of nitrogens with zero attached hydrogens (tertiary/aromatic N) is 1. The van der Waals surface area contributed by atoms with Gasteiger partial charge in [0.05, 0.1) is 5.69 Å². The SMILES string of the molecule is CN(C)S(=O)(=O)Nc1cccc(Cl)c1. The van der Waals surface area contributed by atoms with Crippen LogP contribution in [-0.2, 0) is 10.2 Å². The molecule has 1 aromatic carbocycles. The number of benzene rings is 1. The highest BCUT2D eigenvalue weighted by Crippen LogP contribution is 2.16. The molecule has 1 rings (SSSR count). The van der Waals surface area contributed by atoms with Gasteiger partial charge in [0.2, 0.25) is 0 Å². The number of anilines is 1. The second kappa shape index (κ2) is 4.16. The molecule has 78 valence electrons. The third-order valence-electron chi connectivity index (χ3n) is 1.55. The Morgan fingerprint density at radius 1 is 1.36 bits per heavy atom. The molecule has 0 fully saturated rings. The zero-order valence-electron chi connectivity index (χ0n) is 7.86. The van der Waals surface area contributed by atoms with Gasteiger partial charge in [-0.05, 0) is 18.2 Å². The molecule has 0 aliphatic rings. The van der Waals surface area contributed by atoms with Crippen molar-refractivity contribution < 1.29 is 8.42 Å². The second-order valence-corrected chi connectivity index (χ2v) is 5.22. The molecule has 1 N–H and O–H groups in total. The van der Waals surface area contributed by atoms with Crippen LogP contribution in [0, 0.1) is 0 Å². The summed E-state index contributed by atoms with van der Waals surface area (Å²) in [6, 6.07) is 6.53. The minimum atomic E-state index is -3.44. The van der Waals surface area contributed by atoms with Crippen LogP contribution in [0.5, 0.6) is 0 Å². The molecule has 6 heteroatoms. The van der Waals surface area contributed by atoms with Crippen LogP contribution in [-0.4, -0.2) is 26.8 Å². The second-order valence-electron chi connectivity index (χ2n) is 2.90. The van der Waals surface area contributed by atoms with Crippen LogP contribution in [0.4, 0.5) is 5.69 Å². The first-order chi connectivity index (χ1) is 6.42. The van der Waals surface area contributed by atoms with Crippen LogP contribution in [0.1, 0.15) is 0 Å². The van der Waals surface area contributed by atoms with Crippen LogP contribution in [0.25, 0.3) is 0 Å². The number of halogens is 1. The summed E-state index contributed by atoms with van der Waals surface area (Å²) in [5.74, 6) is 0. The van der Waals surface area contributed by atoms with E-state index >= 15 is 0 Å². The summed E-state index contributed by atoms with van der Waals surface area (Å²) < 4.78 is 26.2. The van der Waals surface area contributed by atoms with Gasteiger partial charge in [-0.1, -0.05) is 17.7 Å². The van der Waals surface area contributed by atoms with Crippen molar-refractivity contribution in [1.82, 2.24) is 4.31 Å². The van der Waals surface area contributed by atoms with E-state index in [-0.39, 0.29) is 0 Å². The van der Waals surface area contributed by atoms with Gasteiger partial charge < -0.3 is 0 Å². The molecule has 0 atom stereocenters. The van der Waals surface area contributed by atoms with Gasteiger partial charge in [-0.3, -0.25) is 4.72 Å². The van der Waals surface area contributed by atoms with Gasteiger partial charge in [-0.25, -0.2) is 0 Å². The van der Waals surface area contributed by atoms with Crippen molar-refractivity contribution >= 4 is 27.5 Å². The van der Waals surface area contributed by atoms with E-state index in [1.165, 1.54) is 14.1 Å². The summed E-state index contributed by atoms with van der Waals surface area (Å²) in [6.45, 7) is 0. The molecule has 4 nitrogen and oxygen atoms in total. The Balaban J connectivity index is 2.90. The fourth-order valence-corrected chi connectivity index (χ4v) is 1.59. The number of rotatable bonds is 3. The Bertz CT molecular complexity index is 417. The van der Waals surface area contributed by atoms with E-state index in [1.807, 2.05) is 0 Å². The molecule has 0 radical (unpaired) electrons. The average Bonchev–Trinajstić information content (AvgIpc) is 2.02. The zero-order valence-corrected chi connectivity index (χ0v) is 9.43. The molecule has 0 heterocycles. The van der Waals surface area contributed by atoms with Crippen molar-refractivity contribution in [2.45, 2.75) is 0 Å². The Morgan fingerprint density at radius 2 is 2.00 bits per heavy atom. The van der Waals surface area contributed by atoms with Crippen molar-refractivity contribution in [1.29, 1.82) is 0 Å². The summed E-state index contributed by atoms with van der Waals surface area (Å²) >= 11 is 5.70. The lowest BCUT2D eigenvalue weighted by atomic mass is 10.3. The Kier molecular flexibility index (Phi) is 3.36. The fraction of sp³-hybridized carbons (Fsp3) is 0.250. The lowest BCUT2D eigenvalue weighted by molar-refractivity contribution is 0.527. The summed E-state index contributed by atoms with van der Waals surface area (Å²) in [6.07, 6.45) is 0. The van der Waals surface area contributed by atoms with Crippen LogP contribution in [0.3, 0.4) is 0 Å². The molecule has 0 aliphatic carbocycles.